The van der Waals surface area contributed by atoms with Gasteiger partial charge in [0.15, 0.2) is 11.6 Å². The van der Waals surface area contributed by atoms with Crippen LogP contribution in [0.4, 0.5) is 23.4 Å². The fourth-order valence-corrected chi connectivity index (χ4v) is 0.777. The lowest BCUT2D eigenvalue weighted by Crippen LogP contribution is -2.18. The third-order valence-electron chi connectivity index (χ3n) is 1.30. The summed E-state index contributed by atoms with van der Waals surface area (Å²) in [5, 5.41) is 8.36. The average molecular weight is 221 g/mol. The number of nitriles is 1. The highest BCUT2D eigenvalue weighted by Crippen LogP contribution is 2.24. The molecule has 0 saturated carbocycles. The minimum absolute atomic E-state index is 0.513. The first-order chi connectivity index (χ1) is 6.83. The number of rotatable bonds is 1. The maximum absolute atomic E-state index is 12.9. The monoisotopic (exact) mass is 221 g/mol. The van der Waals surface area contributed by atoms with Crippen LogP contribution in [-0.2, 0) is 0 Å². The normalized spacial score (nSPS) is 10.9. The van der Waals surface area contributed by atoms with Crippen molar-refractivity contribution >= 4 is 5.82 Å². The third-order valence-corrected chi connectivity index (χ3v) is 1.30. The first-order valence-corrected chi connectivity index (χ1v) is 3.45. The summed E-state index contributed by atoms with van der Waals surface area (Å²) in [7, 11) is 0. The zero-order valence-corrected chi connectivity index (χ0v) is 6.97. The molecule has 15 heavy (non-hydrogen) atoms. The van der Waals surface area contributed by atoms with Gasteiger partial charge in [-0.15, -0.1) is 13.2 Å². The number of hydrogen-bond donors (Lipinski definition) is 1. The second-order valence-corrected chi connectivity index (χ2v) is 2.37. The summed E-state index contributed by atoms with van der Waals surface area (Å²) in [6.45, 7) is 0. The molecule has 0 radical (unpaired) electrons. The summed E-state index contributed by atoms with van der Waals surface area (Å²) in [6, 6.07) is 1.83. The van der Waals surface area contributed by atoms with Crippen molar-refractivity contribution in [3.8, 4) is 11.9 Å². The van der Waals surface area contributed by atoms with Gasteiger partial charge in [-0.3, -0.25) is 0 Å². The van der Waals surface area contributed by atoms with Crippen molar-refractivity contribution in [1.82, 2.24) is 4.98 Å². The molecule has 80 valence electrons. The molecule has 0 amide bonds. The molecule has 0 spiro atoms. The van der Waals surface area contributed by atoms with Crippen molar-refractivity contribution in [3.05, 3.63) is 17.4 Å². The van der Waals surface area contributed by atoms with E-state index in [1.807, 2.05) is 0 Å². The molecule has 4 nitrogen and oxygen atoms in total. The molecule has 1 aromatic heterocycles. The van der Waals surface area contributed by atoms with Crippen molar-refractivity contribution in [2.75, 3.05) is 5.73 Å². The fourth-order valence-electron chi connectivity index (χ4n) is 0.777. The first kappa shape index (κ1) is 11.0. The standard InChI is InChI=1S/C7H3F4N3O/c8-5-3(2-12)1-4(14-6(5)13)15-7(9,10)11/h1H,(H2,13,14). The molecule has 0 fully saturated rings. The first-order valence-electron chi connectivity index (χ1n) is 3.45. The number of nitrogens with zero attached hydrogens (tertiary/aromatic N) is 2. The number of nitrogens with two attached hydrogens (primary N) is 1. The number of pyridine rings is 1. The van der Waals surface area contributed by atoms with Gasteiger partial charge >= 0.3 is 6.36 Å². The summed E-state index contributed by atoms with van der Waals surface area (Å²) in [6.07, 6.45) is -4.97. The third kappa shape index (κ3) is 2.70. The minimum atomic E-state index is -4.97. The number of halogens is 4. The summed E-state index contributed by atoms with van der Waals surface area (Å²) in [4.78, 5) is 2.98. The van der Waals surface area contributed by atoms with Gasteiger partial charge in [-0.1, -0.05) is 0 Å². The van der Waals surface area contributed by atoms with E-state index in [1.54, 1.807) is 0 Å². The largest absolute Gasteiger partial charge is 0.574 e. The molecule has 1 heterocycles. The Balaban J connectivity index is 3.13. The van der Waals surface area contributed by atoms with E-state index >= 15 is 0 Å². The molecule has 2 N–H and O–H groups in total. The van der Waals surface area contributed by atoms with Crippen LogP contribution in [0.25, 0.3) is 0 Å². The van der Waals surface area contributed by atoms with Crippen molar-refractivity contribution < 1.29 is 22.3 Å². The maximum Gasteiger partial charge on any atom is 0.574 e. The molecule has 0 atom stereocenters. The maximum atomic E-state index is 12.9. The van der Waals surface area contributed by atoms with E-state index in [0.717, 1.165) is 0 Å². The van der Waals surface area contributed by atoms with Crippen molar-refractivity contribution in [2.24, 2.45) is 0 Å². The van der Waals surface area contributed by atoms with Gasteiger partial charge in [-0.2, -0.15) is 10.2 Å². The van der Waals surface area contributed by atoms with Crippen LogP contribution in [0.3, 0.4) is 0 Å². The Kier molecular flexibility index (Phi) is 2.65. The Morgan fingerprint density at radius 1 is 1.47 bits per heavy atom. The highest BCUT2D eigenvalue weighted by molar-refractivity contribution is 5.45. The molecule has 0 bridgehead atoms. The lowest BCUT2D eigenvalue weighted by atomic mass is 10.2. The van der Waals surface area contributed by atoms with Crippen LogP contribution in [0.5, 0.6) is 5.88 Å². The van der Waals surface area contributed by atoms with Gasteiger partial charge in [0, 0.05) is 6.07 Å². The summed E-state index contributed by atoms with van der Waals surface area (Å²) in [5.74, 6) is -2.97. The van der Waals surface area contributed by atoms with E-state index in [1.165, 1.54) is 6.07 Å². The van der Waals surface area contributed by atoms with Crippen LogP contribution in [0.2, 0.25) is 0 Å². The highest BCUT2D eigenvalue weighted by Gasteiger charge is 2.32. The van der Waals surface area contributed by atoms with Crippen molar-refractivity contribution in [3.63, 3.8) is 0 Å². The van der Waals surface area contributed by atoms with Crippen LogP contribution >= 0.6 is 0 Å². The molecule has 8 heteroatoms. The van der Waals surface area contributed by atoms with Crippen molar-refractivity contribution in [1.29, 1.82) is 5.26 Å². The Morgan fingerprint density at radius 2 is 2.07 bits per heavy atom. The number of aromatic nitrogens is 1. The molecule has 1 rings (SSSR count). The molecule has 1 aromatic rings. The highest BCUT2D eigenvalue weighted by atomic mass is 19.4. The fraction of sp³-hybridized carbons (Fsp3) is 0.143. The van der Waals surface area contributed by atoms with Crippen LogP contribution < -0.4 is 10.5 Å². The van der Waals surface area contributed by atoms with E-state index in [-0.39, 0.29) is 0 Å². The van der Waals surface area contributed by atoms with Gasteiger partial charge in [0.1, 0.15) is 6.07 Å². The Labute approximate surface area is 80.9 Å². The van der Waals surface area contributed by atoms with Gasteiger partial charge in [-0.25, -0.2) is 4.39 Å². The smallest absolute Gasteiger partial charge is 0.388 e. The van der Waals surface area contributed by atoms with Gasteiger partial charge in [0.05, 0.1) is 5.56 Å². The Morgan fingerprint density at radius 3 is 2.53 bits per heavy atom. The predicted octanol–water partition coefficient (Wildman–Crippen LogP) is 1.57. The SMILES string of the molecule is N#Cc1cc(OC(F)(F)F)nc(N)c1F. The van der Waals surface area contributed by atoms with E-state index in [2.05, 4.69) is 9.72 Å². The molecule has 0 aliphatic rings. The van der Waals surface area contributed by atoms with E-state index in [4.69, 9.17) is 11.0 Å². The molecule has 0 aliphatic heterocycles. The predicted molar refractivity (Wildman–Crippen MR) is 40.0 cm³/mol. The summed E-state index contributed by atoms with van der Waals surface area (Å²) >= 11 is 0. The van der Waals surface area contributed by atoms with Crippen molar-refractivity contribution in [2.45, 2.75) is 6.36 Å². The Bertz CT molecular complexity index is 423. The van der Waals surface area contributed by atoms with Crippen LogP contribution in [0, 0.1) is 17.1 Å². The molecule has 0 unspecified atom stereocenters. The summed E-state index contributed by atoms with van der Waals surface area (Å²) < 4.78 is 51.4. The minimum Gasteiger partial charge on any atom is -0.388 e. The quantitative estimate of drug-likeness (QED) is 0.730. The number of nitrogen functional groups attached to an aromatic ring is 1. The Hall–Kier alpha value is -2.04. The second kappa shape index (κ2) is 3.61. The zero-order valence-electron chi connectivity index (χ0n) is 6.97. The van der Waals surface area contributed by atoms with Gasteiger partial charge in [0.2, 0.25) is 5.88 Å². The van der Waals surface area contributed by atoms with Gasteiger partial charge in [0.25, 0.3) is 0 Å². The average Bonchev–Trinajstić information content (AvgIpc) is 2.08. The number of anilines is 1. The second-order valence-electron chi connectivity index (χ2n) is 2.37. The molecule has 0 aromatic carbocycles. The molecular formula is C7H3F4N3O. The number of alkyl halides is 3. The van der Waals surface area contributed by atoms with Gasteiger partial charge in [-0.05, 0) is 0 Å². The van der Waals surface area contributed by atoms with Crippen LogP contribution in [0.15, 0.2) is 6.07 Å². The van der Waals surface area contributed by atoms with E-state index < -0.39 is 29.4 Å². The van der Waals surface area contributed by atoms with Crippen LogP contribution in [-0.4, -0.2) is 11.3 Å². The van der Waals surface area contributed by atoms with E-state index in [0.29, 0.717) is 6.07 Å². The lowest BCUT2D eigenvalue weighted by molar-refractivity contribution is -0.276. The lowest BCUT2D eigenvalue weighted by Gasteiger charge is -2.08. The molecule has 0 aliphatic carbocycles. The van der Waals surface area contributed by atoms with Crippen LogP contribution in [0.1, 0.15) is 5.56 Å². The van der Waals surface area contributed by atoms with Gasteiger partial charge < -0.3 is 10.5 Å². The number of ether oxygens (including phenoxy) is 1. The summed E-state index contributed by atoms with van der Waals surface area (Å²) in [5.41, 5.74) is 4.27. The molecular weight excluding hydrogens is 218 g/mol. The topological polar surface area (TPSA) is 71.9 Å². The zero-order chi connectivity index (χ0) is 11.6. The number of hydrogen-bond acceptors (Lipinski definition) is 4. The molecule has 0 saturated heterocycles. The van der Waals surface area contributed by atoms with E-state index in [9.17, 15) is 17.6 Å².